The van der Waals surface area contributed by atoms with Crippen molar-refractivity contribution in [3.8, 4) is 0 Å². The van der Waals surface area contributed by atoms with Gasteiger partial charge in [-0.15, -0.1) is 0 Å². The molecule has 1 saturated heterocycles. The largest absolute Gasteiger partial charge is 0.480 e. The molecule has 2 aliphatic rings. The van der Waals surface area contributed by atoms with Crippen LogP contribution >= 0.6 is 0 Å². The SMILES string of the molecule is Cn1nccc1/C=C/C(=O)N1CC2CCCC2C1C(=O)O. The Bertz CT molecular complexity index is 593. The minimum absolute atomic E-state index is 0.122. The molecular formula is C15H19N3O3. The highest BCUT2D eigenvalue weighted by molar-refractivity contribution is 5.94. The molecule has 1 aromatic rings. The van der Waals surface area contributed by atoms with Crippen LogP contribution in [0.3, 0.4) is 0 Å². The monoisotopic (exact) mass is 289 g/mol. The number of hydrogen-bond donors (Lipinski definition) is 1. The Morgan fingerprint density at radius 2 is 2.24 bits per heavy atom. The summed E-state index contributed by atoms with van der Waals surface area (Å²) >= 11 is 0. The van der Waals surface area contributed by atoms with Gasteiger partial charge in [0.05, 0.1) is 5.69 Å². The number of carbonyl (C=O) groups is 2. The molecule has 2 heterocycles. The van der Waals surface area contributed by atoms with Crippen molar-refractivity contribution >= 4 is 18.0 Å². The predicted molar refractivity (Wildman–Crippen MR) is 76.2 cm³/mol. The maximum Gasteiger partial charge on any atom is 0.326 e. The molecule has 3 unspecified atom stereocenters. The summed E-state index contributed by atoms with van der Waals surface area (Å²) in [4.78, 5) is 25.4. The maximum atomic E-state index is 12.3. The molecule has 2 fully saturated rings. The van der Waals surface area contributed by atoms with E-state index in [2.05, 4.69) is 5.10 Å². The molecule has 21 heavy (non-hydrogen) atoms. The van der Waals surface area contributed by atoms with Crippen molar-refractivity contribution in [3.05, 3.63) is 24.0 Å². The van der Waals surface area contributed by atoms with Crippen molar-refractivity contribution in [1.29, 1.82) is 0 Å². The van der Waals surface area contributed by atoms with Crippen LogP contribution < -0.4 is 0 Å². The number of fused-ring (bicyclic) bond motifs is 1. The van der Waals surface area contributed by atoms with Crippen molar-refractivity contribution in [1.82, 2.24) is 14.7 Å². The molecule has 1 N–H and O–H groups in total. The third-order valence-electron chi connectivity index (χ3n) is 4.68. The summed E-state index contributed by atoms with van der Waals surface area (Å²) in [5.41, 5.74) is 0.814. The van der Waals surface area contributed by atoms with E-state index in [0.29, 0.717) is 12.5 Å². The lowest BCUT2D eigenvalue weighted by molar-refractivity contribution is -0.148. The van der Waals surface area contributed by atoms with Gasteiger partial charge in [0, 0.05) is 25.9 Å². The van der Waals surface area contributed by atoms with Gasteiger partial charge in [-0.25, -0.2) is 4.79 Å². The Balaban J connectivity index is 1.76. The van der Waals surface area contributed by atoms with Gasteiger partial charge in [0.1, 0.15) is 6.04 Å². The number of aromatic nitrogens is 2. The fraction of sp³-hybridized carbons (Fsp3) is 0.533. The lowest BCUT2D eigenvalue weighted by Gasteiger charge is -2.23. The zero-order valence-corrected chi connectivity index (χ0v) is 12.0. The predicted octanol–water partition coefficient (Wildman–Crippen LogP) is 1.15. The van der Waals surface area contributed by atoms with Crippen LogP contribution in [0.25, 0.3) is 6.08 Å². The molecule has 1 saturated carbocycles. The third-order valence-corrected chi connectivity index (χ3v) is 4.68. The van der Waals surface area contributed by atoms with Gasteiger partial charge in [-0.1, -0.05) is 6.42 Å². The Labute approximate surface area is 123 Å². The molecule has 1 aliphatic heterocycles. The van der Waals surface area contributed by atoms with Crippen LogP contribution in [0.5, 0.6) is 0 Å². The van der Waals surface area contributed by atoms with Gasteiger partial charge >= 0.3 is 5.97 Å². The molecule has 3 rings (SSSR count). The summed E-state index contributed by atoms with van der Waals surface area (Å²) in [7, 11) is 1.80. The first-order chi connectivity index (χ1) is 10.1. The van der Waals surface area contributed by atoms with Crippen LogP contribution in [-0.2, 0) is 16.6 Å². The average molecular weight is 289 g/mol. The number of rotatable bonds is 3. The summed E-state index contributed by atoms with van der Waals surface area (Å²) in [6.45, 7) is 0.566. The summed E-state index contributed by atoms with van der Waals surface area (Å²) < 4.78 is 1.66. The Kier molecular flexibility index (Phi) is 3.53. The van der Waals surface area contributed by atoms with Crippen LogP contribution in [0.4, 0.5) is 0 Å². The second-order valence-corrected chi connectivity index (χ2v) is 5.84. The first-order valence-electron chi connectivity index (χ1n) is 7.27. The van der Waals surface area contributed by atoms with Crippen molar-refractivity contribution in [2.24, 2.45) is 18.9 Å². The number of carboxylic acid groups (broad SMARTS) is 1. The smallest absolute Gasteiger partial charge is 0.326 e. The second kappa shape index (κ2) is 5.35. The summed E-state index contributed by atoms with van der Waals surface area (Å²) in [5, 5.41) is 13.5. The number of carboxylic acids is 1. The highest BCUT2D eigenvalue weighted by atomic mass is 16.4. The van der Waals surface area contributed by atoms with E-state index in [0.717, 1.165) is 25.0 Å². The summed E-state index contributed by atoms with van der Waals surface area (Å²) in [6.07, 6.45) is 7.81. The first kappa shape index (κ1) is 13.9. The van der Waals surface area contributed by atoms with E-state index in [1.807, 2.05) is 0 Å². The van der Waals surface area contributed by atoms with E-state index in [1.54, 1.807) is 30.1 Å². The molecule has 6 heteroatoms. The van der Waals surface area contributed by atoms with Gasteiger partial charge in [0.2, 0.25) is 5.91 Å². The van der Waals surface area contributed by atoms with Crippen molar-refractivity contribution in [2.75, 3.05) is 6.54 Å². The van der Waals surface area contributed by atoms with E-state index in [-0.39, 0.29) is 11.8 Å². The third kappa shape index (κ3) is 2.46. The Morgan fingerprint density at radius 3 is 2.90 bits per heavy atom. The Hall–Kier alpha value is -2.11. The van der Waals surface area contributed by atoms with E-state index in [4.69, 9.17) is 0 Å². The molecule has 1 aromatic heterocycles. The molecular weight excluding hydrogens is 270 g/mol. The molecule has 1 amide bonds. The fourth-order valence-electron chi connectivity index (χ4n) is 3.65. The number of nitrogens with zero attached hydrogens (tertiary/aromatic N) is 3. The van der Waals surface area contributed by atoms with Gasteiger partial charge < -0.3 is 10.0 Å². The maximum absolute atomic E-state index is 12.3. The molecule has 0 spiro atoms. The zero-order chi connectivity index (χ0) is 15.0. The number of amides is 1. The van der Waals surface area contributed by atoms with Gasteiger partial charge in [0.25, 0.3) is 0 Å². The quantitative estimate of drug-likeness (QED) is 0.847. The first-order valence-corrected chi connectivity index (χ1v) is 7.27. The number of carbonyl (C=O) groups excluding carboxylic acids is 1. The topological polar surface area (TPSA) is 75.4 Å². The lowest BCUT2D eigenvalue weighted by Crippen LogP contribution is -2.42. The van der Waals surface area contributed by atoms with Crippen LogP contribution in [0.1, 0.15) is 25.0 Å². The molecule has 112 valence electrons. The lowest BCUT2D eigenvalue weighted by atomic mass is 9.94. The van der Waals surface area contributed by atoms with Gasteiger partial charge in [0.15, 0.2) is 0 Å². The van der Waals surface area contributed by atoms with Crippen LogP contribution in [-0.4, -0.2) is 44.3 Å². The average Bonchev–Trinajstić information content (AvgIpc) is 3.10. The highest BCUT2D eigenvalue weighted by Crippen LogP contribution is 2.42. The standard InChI is InChI=1S/C15H19N3O3/c1-17-11(7-8-16-17)5-6-13(19)18-9-10-3-2-4-12(10)14(18)15(20)21/h5-8,10,12,14H,2-4,9H2,1H3,(H,20,21)/b6-5+. The molecule has 0 radical (unpaired) electrons. The fourth-order valence-corrected chi connectivity index (χ4v) is 3.65. The summed E-state index contributed by atoms with van der Waals surface area (Å²) in [5.74, 6) is -0.638. The highest BCUT2D eigenvalue weighted by Gasteiger charge is 2.48. The number of aryl methyl sites for hydroxylation is 1. The van der Waals surface area contributed by atoms with Crippen molar-refractivity contribution in [2.45, 2.75) is 25.3 Å². The van der Waals surface area contributed by atoms with Crippen LogP contribution in [0.2, 0.25) is 0 Å². The zero-order valence-electron chi connectivity index (χ0n) is 12.0. The van der Waals surface area contributed by atoms with E-state index in [1.165, 1.54) is 11.0 Å². The minimum atomic E-state index is -0.883. The molecule has 1 aliphatic carbocycles. The van der Waals surface area contributed by atoms with E-state index >= 15 is 0 Å². The normalized spacial score (nSPS) is 28.2. The van der Waals surface area contributed by atoms with Crippen molar-refractivity contribution < 1.29 is 14.7 Å². The van der Waals surface area contributed by atoms with Gasteiger partial charge in [-0.2, -0.15) is 5.10 Å². The number of aliphatic carboxylic acids is 1. The molecule has 3 atom stereocenters. The number of hydrogen-bond acceptors (Lipinski definition) is 3. The number of likely N-dealkylation sites (tertiary alicyclic amines) is 1. The van der Waals surface area contributed by atoms with Crippen molar-refractivity contribution in [3.63, 3.8) is 0 Å². The second-order valence-electron chi connectivity index (χ2n) is 5.84. The molecule has 6 nitrogen and oxygen atoms in total. The van der Waals surface area contributed by atoms with Gasteiger partial charge in [-0.05, 0) is 36.8 Å². The van der Waals surface area contributed by atoms with Gasteiger partial charge in [-0.3, -0.25) is 9.48 Å². The molecule has 0 bridgehead atoms. The summed E-state index contributed by atoms with van der Waals surface area (Å²) in [6, 6.07) is 1.14. The Morgan fingerprint density at radius 1 is 1.43 bits per heavy atom. The van der Waals surface area contributed by atoms with E-state index in [9.17, 15) is 14.7 Å². The van der Waals surface area contributed by atoms with Crippen LogP contribution in [0, 0.1) is 11.8 Å². The minimum Gasteiger partial charge on any atom is -0.480 e. The van der Waals surface area contributed by atoms with E-state index < -0.39 is 12.0 Å². The van der Waals surface area contributed by atoms with Crippen LogP contribution in [0.15, 0.2) is 18.3 Å². The molecule has 0 aromatic carbocycles.